The van der Waals surface area contributed by atoms with E-state index < -0.39 is 0 Å². The topological polar surface area (TPSA) is 31.2 Å². The van der Waals surface area contributed by atoms with Crippen LogP contribution in [0.1, 0.15) is 6.92 Å². The lowest BCUT2D eigenvalue weighted by Crippen LogP contribution is -2.11. The van der Waals surface area contributed by atoms with Gasteiger partial charge in [0.05, 0.1) is 13.2 Å². The molecule has 0 saturated heterocycles. The summed E-state index contributed by atoms with van der Waals surface area (Å²) >= 11 is 3.44. The molecule has 0 aliphatic heterocycles. The predicted octanol–water partition coefficient (Wildman–Crippen LogP) is 3.52. The number of halogens is 1. The molecule has 2 rings (SSSR count). The monoisotopic (exact) mass is 307 g/mol. The minimum atomic E-state index is -0.337. The zero-order valence-corrected chi connectivity index (χ0v) is 11.7. The van der Waals surface area contributed by atoms with Crippen LogP contribution in [0.5, 0.6) is 0 Å². The van der Waals surface area contributed by atoms with Gasteiger partial charge in [-0.2, -0.15) is 0 Å². The first-order valence-corrected chi connectivity index (χ1v) is 6.50. The number of fused-ring (bicyclic) bond motifs is 1. The van der Waals surface area contributed by atoms with Gasteiger partial charge in [0.15, 0.2) is 0 Å². The summed E-state index contributed by atoms with van der Waals surface area (Å²) in [7, 11) is 0. The molecule has 0 unspecified atom stereocenters. The minimum Gasteiger partial charge on any atom is -0.463 e. The molecule has 0 saturated carbocycles. The first-order chi connectivity index (χ1) is 8.61. The Morgan fingerprint density at radius 3 is 2.94 bits per heavy atom. The van der Waals surface area contributed by atoms with Gasteiger partial charge in [0.1, 0.15) is 0 Å². The highest BCUT2D eigenvalue weighted by molar-refractivity contribution is 9.10. The first-order valence-electron chi connectivity index (χ1n) is 5.71. The Bertz CT molecular complexity index is 601. The SMILES string of the molecule is C=C(Cn1ccc2cc(Br)ccc21)C(=O)OCC. The summed E-state index contributed by atoms with van der Waals surface area (Å²) in [4.78, 5) is 11.5. The molecule has 18 heavy (non-hydrogen) atoms. The van der Waals surface area contributed by atoms with Crippen LogP contribution in [-0.4, -0.2) is 17.1 Å². The number of ether oxygens (including phenoxy) is 1. The fourth-order valence-corrected chi connectivity index (χ4v) is 2.19. The number of nitrogens with zero attached hydrogens (tertiary/aromatic N) is 1. The highest BCUT2D eigenvalue weighted by Crippen LogP contribution is 2.21. The van der Waals surface area contributed by atoms with Crippen LogP contribution in [0.4, 0.5) is 0 Å². The number of carbonyl (C=O) groups excluding carboxylic acids is 1. The fourth-order valence-electron chi connectivity index (χ4n) is 1.81. The summed E-state index contributed by atoms with van der Waals surface area (Å²) < 4.78 is 7.95. The molecule has 0 bridgehead atoms. The Morgan fingerprint density at radius 1 is 1.44 bits per heavy atom. The van der Waals surface area contributed by atoms with E-state index in [1.807, 2.05) is 35.0 Å². The maximum absolute atomic E-state index is 11.5. The second-order valence-electron chi connectivity index (χ2n) is 3.97. The van der Waals surface area contributed by atoms with E-state index in [2.05, 4.69) is 22.5 Å². The summed E-state index contributed by atoms with van der Waals surface area (Å²) in [6.07, 6.45) is 1.95. The van der Waals surface area contributed by atoms with Gasteiger partial charge in [0.2, 0.25) is 0 Å². The third kappa shape index (κ3) is 2.64. The van der Waals surface area contributed by atoms with E-state index in [9.17, 15) is 4.79 Å². The molecule has 0 N–H and O–H groups in total. The van der Waals surface area contributed by atoms with Crippen LogP contribution in [0.2, 0.25) is 0 Å². The van der Waals surface area contributed by atoms with Crippen molar-refractivity contribution in [2.24, 2.45) is 0 Å². The molecule has 1 aromatic heterocycles. The van der Waals surface area contributed by atoms with Gasteiger partial charge in [-0.3, -0.25) is 0 Å². The van der Waals surface area contributed by atoms with Crippen LogP contribution in [0.15, 0.2) is 47.1 Å². The van der Waals surface area contributed by atoms with E-state index in [4.69, 9.17) is 4.74 Å². The summed E-state index contributed by atoms with van der Waals surface area (Å²) in [6.45, 7) is 6.37. The molecule has 0 radical (unpaired) electrons. The van der Waals surface area contributed by atoms with Crippen LogP contribution in [0, 0.1) is 0 Å². The normalized spacial score (nSPS) is 10.6. The number of carbonyl (C=O) groups is 1. The highest BCUT2D eigenvalue weighted by Gasteiger charge is 2.10. The van der Waals surface area contributed by atoms with Crippen molar-refractivity contribution in [1.82, 2.24) is 4.57 Å². The molecule has 4 heteroatoms. The lowest BCUT2D eigenvalue weighted by molar-refractivity contribution is -0.138. The molecule has 3 nitrogen and oxygen atoms in total. The van der Waals surface area contributed by atoms with E-state index in [1.165, 1.54) is 0 Å². The van der Waals surface area contributed by atoms with Gasteiger partial charge < -0.3 is 9.30 Å². The van der Waals surface area contributed by atoms with Crippen LogP contribution in [0.25, 0.3) is 10.9 Å². The number of esters is 1. The first kappa shape index (κ1) is 12.9. The average molecular weight is 308 g/mol. The maximum atomic E-state index is 11.5. The molecule has 0 atom stereocenters. The van der Waals surface area contributed by atoms with E-state index in [1.54, 1.807) is 6.92 Å². The Balaban J connectivity index is 2.22. The number of hydrogen-bond donors (Lipinski definition) is 0. The molecule has 1 aromatic carbocycles. The van der Waals surface area contributed by atoms with E-state index in [0.717, 1.165) is 15.4 Å². The third-order valence-electron chi connectivity index (χ3n) is 2.66. The van der Waals surface area contributed by atoms with Gasteiger partial charge in [-0.15, -0.1) is 0 Å². The van der Waals surface area contributed by atoms with Gasteiger partial charge >= 0.3 is 5.97 Å². The van der Waals surface area contributed by atoms with Crippen LogP contribution in [0.3, 0.4) is 0 Å². The van der Waals surface area contributed by atoms with E-state index in [-0.39, 0.29) is 5.97 Å². The van der Waals surface area contributed by atoms with Gasteiger partial charge in [-0.25, -0.2) is 4.79 Å². The van der Waals surface area contributed by atoms with Crippen LogP contribution < -0.4 is 0 Å². The van der Waals surface area contributed by atoms with Gasteiger partial charge in [0, 0.05) is 27.1 Å². The van der Waals surface area contributed by atoms with Crippen molar-refractivity contribution in [3.05, 3.63) is 47.1 Å². The lowest BCUT2D eigenvalue weighted by Gasteiger charge is -2.08. The zero-order valence-electron chi connectivity index (χ0n) is 10.1. The molecule has 2 aromatic rings. The third-order valence-corrected chi connectivity index (χ3v) is 3.15. The average Bonchev–Trinajstić information content (AvgIpc) is 2.72. The van der Waals surface area contributed by atoms with Crippen LogP contribution >= 0.6 is 15.9 Å². The van der Waals surface area contributed by atoms with Crippen molar-refractivity contribution in [3.8, 4) is 0 Å². The van der Waals surface area contributed by atoms with Crippen molar-refractivity contribution in [2.75, 3.05) is 6.61 Å². The van der Waals surface area contributed by atoms with Crippen LogP contribution in [-0.2, 0) is 16.1 Å². The van der Waals surface area contributed by atoms with Gasteiger partial charge in [-0.05, 0) is 31.2 Å². The largest absolute Gasteiger partial charge is 0.463 e. The molecular weight excluding hydrogens is 294 g/mol. The number of benzene rings is 1. The van der Waals surface area contributed by atoms with Crippen molar-refractivity contribution >= 4 is 32.8 Å². The molecule has 0 amide bonds. The number of aromatic nitrogens is 1. The highest BCUT2D eigenvalue weighted by atomic mass is 79.9. The Labute approximate surface area is 114 Å². The molecule has 1 heterocycles. The van der Waals surface area contributed by atoms with Crippen molar-refractivity contribution in [1.29, 1.82) is 0 Å². The molecule has 94 valence electrons. The zero-order chi connectivity index (χ0) is 13.1. The van der Waals surface area contributed by atoms with Crippen molar-refractivity contribution in [2.45, 2.75) is 13.5 Å². The smallest absolute Gasteiger partial charge is 0.335 e. The van der Waals surface area contributed by atoms with E-state index >= 15 is 0 Å². The predicted molar refractivity (Wildman–Crippen MR) is 75.4 cm³/mol. The maximum Gasteiger partial charge on any atom is 0.335 e. The number of rotatable bonds is 4. The Kier molecular flexibility index (Phi) is 3.87. The molecule has 0 spiro atoms. The van der Waals surface area contributed by atoms with Gasteiger partial charge in [0.25, 0.3) is 0 Å². The fraction of sp³-hybridized carbons (Fsp3) is 0.214. The molecule has 0 aliphatic carbocycles. The van der Waals surface area contributed by atoms with Crippen molar-refractivity contribution in [3.63, 3.8) is 0 Å². The summed E-state index contributed by atoms with van der Waals surface area (Å²) in [5, 5.41) is 1.13. The standard InChI is InChI=1S/C14H14BrNO2/c1-3-18-14(17)10(2)9-16-7-6-11-8-12(15)4-5-13(11)16/h4-8H,2-3,9H2,1H3. The quantitative estimate of drug-likeness (QED) is 0.639. The molecule has 0 fully saturated rings. The Hall–Kier alpha value is -1.55. The van der Waals surface area contributed by atoms with Crippen molar-refractivity contribution < 1.29 is 9.53 Å². The summed E-state index contributed by atoms with van der Waals surface area (Å²) in [5.41, 5.74) is 1.53. The Morgan fingerprint density at radius 2 is 2.22 bits per heavy atom. The lowest BCUT2D eigenvalue weighted by atomic mass is 10.2. The second-order valence-corrected chi connectivity index (χ2v) is 4.89. The summed E-state index contributed by atoms with van der Waals surface area (Å²) in [6, 6.07) is 8.04. The minimum absolute atomic E-state index is 0.337. The van der Waals surface area contributed by atoms with Gasteiger partial charge in [-0.1, -0.05) is 22.5 Å². The molecular formula is C14H14BrNO2. The second kappa shape index (κ2) is 5.40. The summed E-state index contributed by atoms with van der Waals surface area (Å²) in [5.74, 6) is -0.337. The molecule has 0 aliphatic rings. The van der Waals surface area contributed by atoms with E-state index in [0.29, 0.717) is 18.7 Å². The number of hydrogen-bond acceptors (Lipinski definition) is 2.